The molecule has 5 rings (SSSR count). The summed E-state index contributed by atoms with van der Waals surface area (Å²) in [6.45, 7) is 1.56. The van der Waals surface area contributed by atoms with Crippen molar-refractivity contribution in [3.8, 4) is 11.5 Å². The molecule has 3 heterocycles. The number of thiazole rings is 1. The van der Waals surface area contributed by atoms with E-state index in [2.05, 4.69) is 5.32 Å². The summed E-state index contributed by atoms with van der Waals surface area (Å²) in [7, 11) is 0. The van der Waals surface area contributed by atoms with Crippen LogP contribution in [0, 0.1) is 11.7 Å². The second kappa shape index (κ2) is 10.2. The number of amides is 5. The Bertz CT molecular complexity index is 1570. The second-order valence-electron chi connectivity index (χ2n) is 8.73. The average molecular weight is 573 g/mol. The van der Waals surface area contributed by atoms with Crippen LogP contribution in [0.15, 0.2) is 52.3 Å². The van der Waals surface area contributed by atoms with Gasteiger partial charge in [-0.1, -0.05) is 29.2 Å². The van der Waals surface area contributed by atoms with E-state index in [0.29, 0.717) is 26.1 Å². The summed E-state index contributed by atoms with van der Waals surface area (Å²) in [5, 5.41) is 12.0. The van der Waals surface area contributed by atoms with Crippen molar-refractivity contribution in [2.45, 2.75) is 29.7 Å². The van der Waals surface area contributed by atoms with Crippen LogP contribution in [-0.2, 0) is 20.9 Å². The first-order valence-corrected chi connectivity index (χ1v) is 13.4. The molecule has 4 N–H and O–H groups in total. The molecule has 3 aromatic rings. The Hall–Kier alpha value is -4.17. The Morgan fingerprint density at radius 3 is 2.51 bits per heavy atom. The van der Waals surface area contributed by atoms with Crippen molar-refractivity contribution in [1.29, 1.82) is 0 Å². The number of rotatable bonds is 6. The molecule has 14 heteroatoms. The zero-order chi connectivity index (χ0) is 28.0. The fourth-order valence-electron chi connectivity index (χ4n) is 4.70. The number of phenolic OH excluding ortho intramolecular Hbond substituents is 1. The highest BCUT2D eigenvalue weighted by Crippen LogP contribution is 2.53. The number of imide groups is 3. The minimum atomic E-state index is -1.21. The number of carbonyl (C=O) groups excluding carboxylic acids is 4. The molecule has 39 heavy (non-hydrogen) atoms. The number of ether oxygens (including phenoxy) is 1. The molecular formula is C25H21FN4O7S2. The first-order chi connectivity index (χ1) is 18.6. The number of urea groups is 1. The number of carbonyl (C=O) groups is 4. The number of hydrogen-bond donors (Lipinski definition) is 3. The zero-order valence-corrected chi connectivity index (χ0v) is 21.9. The van der Waals surface area contributed by atoms with E-state index in [-0.39, 0.29) is 18.1 Å². The topological polar surface area (TPSA) is 161 Å². The number of hydrogen-bond acceptors (Lipinski definition) is 9. The highest BCUT2D eigenvalue weighted by Gasteiger charge is 2.58. The molecule has 2 aromatic carbocycles. The van der Waals surface area contributed by atoms with Gasteiger partial charge in [0.15, 0.2) is 11.5 Å². The van der Waals surface area contributed by atoms with Crippen LogP contribution in [0.2, 0.25) is 0 Å². The van der Waals surface area contributed by atoms with Crippen molar-refractivity contribution in [1.82, 2.24) is 9.47 Å². The number of benzene rings is 2. The minimum Gasteiger partial charge on any atom is -0.504 e. The van der Waals surface area contributed by atoms with Crippen molar-refractivity contribution in [2.24, 2.45) is 11.7 Å². The monoisotopic (exact) mass is 572 g/mol. The fourth-order valence-corrected chi connectivity index (χ4v) is 7.48. The van der Waals surface area contributed by atoms with Gasteiger partial charge < -0.3 is 20.9 Å². The predicted octanol–water partition coefficient (Wildman–Crippen LogP) is 2.46. The van der Waals surface area contributed by atoms with E-state index in [1.54, 1.807) is 13.0 Å². The van der Waals surface area contributed by atoms with E-state index in [0.717, 1.165) is 23.1 Å². The standard InChI is InChI=1S/C25H21FN4O7S2/c1-2-37-15-9-11(3-8-14(15)31)17-18-19(22(34)30(21(18)33)24(27)35)38-23-20(17)39-25(36)29(23)10-16(32)28-13-6-4-12(26)5-7-13/h3-9,17-19,31H,2,10H2,1H3,(H2,27,35)(H,28,32). The van der Waals surface area contributed by atoms with E-state index in [9.17, 15) is 33.5 Å². The molecule has 1 saturated heterocycles. The van der Waals surface area contributed by atoms with Gasteiger partial charge in [0.1, 0.15) is 17.6 Å². The SMILES string of the molecule is CCOc1cc(C2c3sc(=O)n(CC(=O)Nc4ccc(F)cc4)c3SC3C(=O)N(C(N)=O)C(=O)C32)ccc1O. The molecule has 0 radical (unpaired) electrons. The minimum absolute atomic E-state index is 0.139. The van der Waals surface area contributed by atoms with Crippen molar-refractivity contribution in [3.05, 3.63) is 68.4 Å². The molecule has 3 atom stereocenters. The molecule has 11 nitrogen and oxygen atoms in total. The molecule has 0 saturated carbocycles. The lowest BCUT2D eigenvalue weighted by Crippen LogP contribution is -2.41. The summed E-state index contributed by atoms with van der Waals surface area (Å²) < 4.78 is 19.9. The third-order valence-corrected chi connectivity index (χ3v) is 8.95. The van der Waals surface area contributed by atoms with Crippen molar-refractivity contribution >= 4 is 52.5 Å². The maximum atomic E-state index is 13.3. The number of thioether (sulfide) groups is 1. The van der Waals surface area contributed by atoms with E-state index >= 15 is 0 Å². The van der Waals surface area contributed by atoms with Gasteiger partial charge in [-0.05, 0) is 48.9 Å². The molecule has 2 aliphatic heterocycles. The van der Waals surface area contributed by atoms with Gasteiger partial charge in [-0.15, -0.1) is 0 Å². The molecule has 0 aliphatic carbocycles. The van der Waals surface area contributed by atoms with Crippen molar-refractivity contribution < 1.29 is 33.4 Å². The maximum absolute atomic E-state index is 13.3. The summed E-state index contributed by atoms with van der Waals surface area (Å²) in [5.74, 6) is -4.60. The lowest BCUT2D eigenvalue weighted by atomic mass is 9.83. The number of nitrogens with one attached hydrogen (secondary N) is 1. The molecule has 0 bridgehead atoms. The van der Waals surface area contributed by atoms with Gasteiger partial charge in [-0.3, -0.25) is 23.7 Å². The van der Waals surface area contributed by atoms with Gasteiger partial charge in [0.05, 0.1) is 17.6 Å². The average Bonchev–Trinajstić information content (AvgIpc) is 3.33. The maximum Gasteiger partial charge on any atom is 0.328 e. The molecule has 1 aromatic heterocycles. The van der Waals surface area contributed by atoms with Crippen LogP contribution in [0.5, 0.6) is 11.5 Å². The summed E-state index contributed by atoms with van der Waals surface area (Å²) in [6, 6.07) is 8.32. The lowest BCUT2D eigenvalue weighted by Gasteiger charge is -2.31. The highest BCUT2D eigenvalue weighted by atomic mass is 32.2. The van der Waals surface area contributed by atoms with Crippen LogP contribution in [0.4, 0.5) is 14.9 Å². The first kappa shape index (κ1) is 26.4. The van der Waals surface area contributed by atoms with Crippen LogP contribution in [0.25, 0.3) is 0 Å². The Balaban J connectivity index is 1.58. The Kier molecular flexibility index (Phi) is 6.91. The summed E-state index contributed by atoms with van der Waals surface area (Å²) in [4.78, 5) is 64.6. The number of likely N-dealkylation sites (tertiary alicyclic amines) is 1. The Morgan fingerprint density at radius 2 is 1.85 bits per heavy atom. The summed E-state index contributed by atoms with van der Waals surface area (Å²) in [5.41, 5.74) is 6.12. The number of anilines is 1. The quantitative estimate of drug-likeness (QED) is 0.380. The molecule has 3 unspecified atom stereocenters. The van der Waals surface area contributed by atoms with Crippen LogP contribution in [0.3, 0.4) is 0 Å². The van der Waals surface area contributed by atoms with Gasteiger partial charge in [0, 0.05) is 16.5 Å². The predicted molar refractivity (Wildman–Crippen MR) is 139 cm³/mol. The van der Waals surface area contributed by atoms with Crippen molar-refractivity contribution in [3.63, 3.8) is 0 Å². The van der Waals surface area contributed by atoms with Gasteiger partial charge in [-0.25, -0.2) is 9.18 Å². The van der Waals surface area contributed by atoms with Crippen LogP contribution in [0.1, 0.15) is 23.3 Å². The number of primary amides is 1. The van der Waals surface area contributed by atoms with Gasteiger partial charge in [0.25, 0.3) is 5.91 Å². The van der Waals surface area contributed by atoms with E-state index < -0.39 is 58.1 Å². The highest BCUT2D eigenvalue weighted by molar-refractivity contribution is 8.00. The van der Waals surface area contributed by atoms with E-state index in [1.807, 2.05) is 0 Å². The van der Waals surface area contributed by atoms with Crippen molar-refractivity contribution in [2.75, 3.05) is 11.9 Å². The Morgan fingerprint density at radius 1 is 1.13 bits per heavy atom. The second-order valence-corrected chi connectivity index (χ2v) is 10.9. The summed E-state index contributed by atoms with van der Waals surface area (Å²) in [6.07, 6.45) is 0. The van der Waals surface area contributed by atoms with E-state index in [1.165, 1.54) is 41.0 Å². The van der Waals surface area contributed by atoms with Crippen LogP contribution < -0.4 is 20.7 Å². The molecule has 2 aliphatic rings. The molecule has 202 valence electrons. The number of fused-ring (bicyclic) bond motifs is 2. The first-order valence-electron chi connectivity index (χ1n) is 11.7. The van der Waals surface area contributed by atoms with Crippen LogP contribution in [-0.4, -0.2) is 50.2 Å². The molecule has 5 amide bonds. The van der Waals surface area contributed by atoms with Crippen LogP contribution >= 0.6 is 23.1 Å². The fraction of sp³-hybridized carbons (Fsp3) is 0.240. The molecule has 0 spiro atoms. The van der Waals surface area contributed by atoms with Gasteiger partial charge in [0.2, 0.25) is 11.8 Å². The van der Waals surface area contributed by atoms with Gasteiger partial charge >= 0.3 is 10.9 Å². The molecular weight excluding hydrogens is 551 g/mol. The smallest absolute Gasteiger partial charge is 0.328 e. The molecule has 1 fully saturated rings. The largest absolute Gasteiger partial charge is 0.504 e. The normalized spacial score (nSPS) is 19.9. The lowest BCUT2D eigenvalue weighted by molar-refractivity contribution is -0.135. The number of nitrogens with two attached hydrogens (primary N) is 1. The number of halogens is 1. The zero-order valence-electron chi connectivity index (χ0n) is 20.3. The number of nitrogens with zero attached hydrogens (tertiary/aromatic N) is 2. The number of phenols is 1. The number of aromatic hydroxyl groups is 1. The number of aromatic nitrogens is 1. The van der Waals surface area contributed by atoms with Gasteiger partial charge in [-0.2, -0.15) is 4.90 Å². The Labute approximate surface area is 228 Å². The van der Waals surface area contributed by atoms with E-state index in [4.69, 9.17) is 10.5 Å². The third kappa shape index (κ3) is 4.65. The third-order valence-electron chi connectivity index (χ3n) is 6.34. The summed E-state index contributed by atoms with van der Waals surface area (Å²) >= 11 is 1.73.